The van der Waals surface area contributed by atoms with E-state index in [9.17, 15) is 4.57 Å². The molecule has 0 aliphatic heterocycles. The topological polar surface area (TPSA) is 30.2 Å². The lowest BCUT2D eigenvalue weighted by Crippen LogP contribution is -1.84. The first kappa shape index (κ1) is 14.1. The molecule has 0 aliphatic carbocycles. The minimum atomic E-state index is -1.71. The van der Waals surface area contributed by atoms with E-state index in [2.05, 4.69) is 19.7 Å². The molecule has 0 amide bonds. The molecular weight excluding hydrogens is 243 g/mol. The van der Waals surface area contributed by atoms with Gasteiger partial charge in [-0.15, -0.1) is 0 Å². The first-order chi connectivity index (χ1) is 8.69. The summed E-state index contributed by atoms with van der Waals surface area (Å²) in [7, 11) is -1.71. The molecule has 0 fully saturated rings. The second-order valence-corrected chi connectivity index (χ2v) is 4.95. The first-order valence-corrected chi connectivity index (χ1v) is 6.75. The Morgan fingerprint density at radius 2 is 1.61 bits per heavy atom. The molecule has 18 heavy (non-hydrogen) atoms. The van der Waals surface area contributed by atoms with Crippen LogP contribution in [0.3, 0.4) is 0 Å². The van der Waals surface area contributed by atoms with Gasteiger partial charge in [-0.05, 0) is 31.2 Å². The van der Waals surface area contributed by atoms with Crippen molar-refractivity contribution in [3.05, 3.63) is 60.1 Å². The zero-order chi connectivity index (χ0) is 13.5. The summed E-state index contributed by atoms with van der Waals surface area (Å²) in [6.45, 7) is 12.8. The standard InChI is InChI=1S/C15H16O2P/c1-5-9-11-15-13(8-4)17-12(7-3)14(10-6-2)18(15)16/h5-11H,1,3-4H2,2H3/q+1/b10-6-,11-9-. The predicted octanol–water partition coefficient (Wildman–Crippen LogP) is 5.54. The molecule has 1 unspecified atom stereocenters. The van der Waals surface area contributed by atoms with Crippen molar-refractivity contribution < 1.29 is 8.98 Å². The highest BCUT2D eigenvalue weighted by atomic mass is 31.1. The van der Waals surface area contributed by atoms with Crippen LogP contribution in [0.4, 0.5) is 0 Å². The minimum absolute atomic E-state index is 0.498. The van der Waals surface area contributed by atoms with Crippen LogP contribution >= 0.6 is 7.41 Å². The Morgan fingerprint density at radius 3 is 2.06 bits per heavy atom. The van der Waals surface area contributed by atoms with Gasteiger partial charge in [0.2, 0.25) is 10.6 Å². The van der Waals surface area contributed by atoms with Gasteiger partial charge in [0.05, 0.1) is 0 Å². The SMILES string of the molecule is C=C/C=C\c1c(C=C)oc(C=C)c(/C=C\C)[p+]1=O. The van der Waals surface area contributed by atoms with Crippen molar-refractivity contribution >= 4 is 31.7 Å². The number of hydrogen-bond donors (Lipinski definition) is 0. The van der Waals surface area contributed by atoms with Gasteiger partial charge in [0.1, 0.15) is 0 Å². The molecule has 0 N–H and O–H groups in total. The summed E-state index contributed by atoms with van der Waals surface area (Å²) < 4.78 is 18.1. The van der Waals surface area contributed by atoms with Crippen LogP contribution in [-0.2, 0) is 4.57 Å². The van der Waals surface area contributed by atoms with E-state index in [1.54, 1.807) is 36.5 Å². The Bertz CT molecular complexity index is 589. The summed E-state index contributed by atoms with van der Waals surface area (Å²) in [6.07, 6.45) is 11.8. The summed E-state index contributed by atoms with van der Waals surface area (Å²) >= 11 is 0. The van der Waals surface area contributed by atoms with Crippen LogP contribution in [-0.4, -0.2) is 0 Å². The van der Waals surface area contributed by atoms with Crippen LogP contribution in [0.15, 0.2) is 42.4 Å². The summed E-state index contributed by atoms with van der Waals surface area (Å²) in [5, 5.41) is 1.25. The fraction of sp³-hybridized carbons (Fsp3) is 0.0667. The maximum atomic E-state index is 12.5. The molecule has 1 rings (SSSR count). The van der Waals surface area contributed by atoms with Crippen LogP contribution < -0.4 is 0 Å². The quantitative estimate of drug-likeness (QED) is 0.650. The van der Waals surface area contributed by atoms with Gasteiger partial charge in [-0.25, -0.2) is 0 Å². The molecule has 0 saturated heterocycles. The lowest BCUT2D eigenvalue weighted by atomic mass is 10.3. The normalized spacial score (nSPS) is 11.9. The summed E-state index contributed by atoms with van der Waals surface area (Å²) in [4.78, 5) is 0. The molecule has 3 heteroatoms. The van der Waals surface area contributed by atoms with Gasteiger partial charge in [0.15, 0.2) is 11.5 Å². The fourth-order valence-electron chi connectivity index (χ4n) is 1.46. The van der Waals surface area contributed by atoms with E-state index in [1.165, 1.54) is 0 Å². The Labute approximate surface area is 108 Å². The maximum absolute atomic E-state index is 12.5. The number of hydrogen-bond acceptors (Lipinski definition) is 2. The molecule has 2 nitrogen and oxygen atoms in total. The third kappa shape index (κ3) is 2.85. The van der Waals surface area contributed by atoms with Crippen LogP contribution in [0.2, 0.25) is 0 Å². The Balaban J connectivity index is 3.69. The molecule has 1 aromatic heterocycles. The van der Waals surface area contributed by atoms with Gasteiger partial charge >= 0.3 is 7.41 Å². The molecule has 92 valence electrons. The Morgan fingerprint density at radius 1 is 1.06 bits per heavy atom. The van der Waals surface area contributed by atoms with Gasteiger partial charge in [-0.2, -0.15) is 0 Å². The zero-order valence-electron chi connectivity index (χ0n) is 10.4. The number of rotatable bonds is 5. The van der Waals surface area contributed by atoms with Crippen molar-refractivity contribution in [3.63, 3.8) is 0 Å². The van der Waals surface area contributed by atoms with Gasteiger partial charge in [0.25, 0.3) is 0 Å². The molecule has 0 aliphatic rings. The van der Waals surface area contributed by atoms with Gasteiger partial charge in [-0.1, -0.05) is 42.5 Å². The minimum Gasteiger partial charge on any atom is -0.448 e. The van der Waals surface area contributed by atoms with Crippen molar-refractivity contribution in [3.8, 4) is 0 Å². The van der Waals surface area contributed by atoms with Gasteiger partial charge < -0.3 is 4.42 Å². The van der Waals surface area contributed by atoms with Crippen molar-refractivity contribution in [2.45, 2.75) is 6.92 Å². The second kappa shape index (κ2) is 6.73. The molecule has 0 aromatic carbocycles. The van der Waals surface area contributed by atoms with Crippen LogP contribution in [0.25, 0.3) is 24.3 Å². The summed E-state index contributed by atoms with van der Waals surface area (Å²) in [6, 6.07) is 0. The van der Waals surface area contributed by atoms with Crippen molar-refractivity contribution in [2.24, 2.45) is 0 Å². The van der Waals surface area contributed by atoms with E-state index in [4.69, 9.17) is 4.42 Å². The van der Waals surface area contributed by atoms with E-state index in [0.29, 0.717) is 22.1 Å². The largest absolute Gasteiger partial charge is 0.448 e. The van der Waals surface area contributed by atoms with E-state index < -0.39 is 7.41 Å². The zero-order valence-corrected chi connectivity index (χ0v) is 11.3. The molecule has 1 aromatic rings. The van der Waals surface area contributed by atoms with Crippen molar-refractivity contribution in [1.29, 1.82) is 0 Å². The monoisotopic (exact) mass is 259 g/mol. The van der Waals surface area contributed by atoms with Gasteiger partial charge in [-0.3, -0.25) is 0 Å². The summed E-state index contributed by atoms with van der Waals surface area (Å²) in [5.41, 5.74) is 0. The third-order valence-electron chi connectivity index (χ3n) is 2.25. The van der Waals surface area contributed by atoms with Crippen LogP contribution in [0.5, 0.6) is 0 Å². The van der Waals surface area contributed by atoms with Crippen LogP contribution in [0.1, 0.15) is 29.0 Å². The second-order valence-electron chi connectivity index (χ2n) is 3.40. The van der Waals surface area contributed by atoms with E-state index in [1.807, 2.05) is 13.0 Å². The lowest BCUT2D eigenvalue weighted by Gasteiger charge is -1.97. The van der Waals surface area contributed by atoms with Crippen LogP contribution in [0, 0.1) is 0 Å². The summed E-state index contributed by atoms with van der Waals surface area (Å²) in [5.74, 6) is 1.01. The molecular formula is C15H16O2P+. The van der Waals surface area contributed by atoms with Crippen molar-refractivity contribution in [1.82, 2.24) is 0 Å². The molecule has 1 atom stereocenters. The number of allylic oxidation sites excluding steroid dienone is 3. The van der Waals surface area contributed by atoms with E-state index in [-0.39, 0.29) is 0 Å². The smallest absolute Gasteiger partial charge is 0.423 e. The molecule has 0 saturated carbocycles. The highest BCUT2D eigenvalue weighted by Crippen LogP contribution is 2.36. The maximum Gasteiger partial charge on any atom is 0.423 e. The van der Waals surface area contributed by atoms with Gasteiger partial charge in [0, 0.05) is 0 Å². The lowest BCUT2D eigenvalue weighted by molar-refractivity contribution is 0.528. The Kier molecular flexibility index (Phi) is 5.29. The van der Waals surface area contributed by atoms with E-state index in [0.717, 1.165) is 0 Å². The van der Waals surface area contributed by atoms with E-state index >= 15 is 0 Å². The predicted molar refractivity (Wildman–Crippen MR) is 80.4 cm³/mol. The molecule has 0 spiro atoms. The first-order valence-electron chi connectivity index (χ1n) is 5.49. The molecule has 0 radical (unpaired) electrons. The van der Waals surface area contributed by atoms with Crippen molar-refractivity contribution in [2.75, 3.05) is 0 Å². The highest BCUT2D eigenvalue weighted by molar-refractivity contribution is 7.39. The average molecular weight is 259 g/mol. The Hall–Kier alpha value is -1.92. The molecule has 0 bridgehead atoms. The fourth-order valence-corrected chi connectivity index (χ4v) is 2.90. The molecule has 1 heterocycles. The highest BCUT2D eigenvalue weighted by Gasteiger charge is 2.23. The average Bonchev–Trinajstić information content (AvgIpc) is 2.39. The third-order valence-corrected chi connectivity index (χ3v) is 3.86.